The molecule has 3 nitrogen and oxygen atoms in total. The predicted molar refractivity (Wildman–Crippen MR) is 237 cm³/mol. The third kappa shape index (κ3) is 5.43. The summed E-state index contributed by atoms with van der Waals surface area (Å²) in [5.74, 6) is 0. The molecule has 1 N–H and O–H groups in total. The summed E-state index contributed by atoms with van der Waals surface area (Å²) in [6, 6.07) is 62.1. The lowest BCUT2D eigenvalue weighted by atomic mass is 9.93. The molecule has 3 heterocycles. The number of nitrogens with one attached hydrogen (secondary N) is 1. The van der Waals surface area contributed by atoms with Crippen LogP contribution >= 0.6 is 0 Å². The van der Waals surface area contributed by atoms with Crippen LogP contribution in [0.5, 0.6) is 0 Å². The Kier molecular flexibility index (Phi) is 7.70. The van der Waals surface area contributed by atoms with Gasteiger partial charge in [0.1, 0.15) is 0 Å². The second-order valence-corrected chi connectivity index (χ2v) is 14.9. The van der Waals surface area contributed by atoms with E-state index in [1.807, 2.05) is 0 Å². The topological polar surface area (TPSA) is 21.9 Å². The van der Waals surface area contributed by atoms with Crippen LogP contribution in [0.4, 0.5) is 0 Å². The molecule has 2 aliphatic rings. The summed E-state index contributed by atoms with van der Waals surface area (Å²) < 4.78 is 4.89. The highest BCUT2D eigenvalue weighted by Gasteiger charge is 2.20. The van der Waals surface area contributed by atoms with Crippen molar-refractivity contribution in [2.45, 2.75) is 18.9 Å². The molecule has 1 atom stereocenters. The number of dihydropyridines is 1. The van der Waals surface area contributed by atoms with Crippen molar-refractivity contribution in [3.63, 3.8) is 0 Å². The van der Waals surface area contributed by atoms with E-state index in [4.69, 9.17) is 0 Å². The first kappa shape index (κ1) is 32.3. The molecule has 7 aromatic carbocycles. The fourth-order valence-electron chi connectivity index (χ4n) is 8.91. The minimum Gasteiger partial charge on any atom is -0.374 e. The third-order valence-electron chi connectivity index (χ3n) is 11.6. The molecule has 56 heavy (non-hydrogen) atoms. The summed E-state index contributed by atoms with van der Waals surface area (Å²) in [7, 11) is 0. The van der Waals surface area contributed by atoms with Gasteiger partial charge in [0.05, 0.1) is 28.1 Å². The summed E-state index contributed by atoms with van der Waals surface area (Å²) in [6.07, 6.45) is 13.5. The van der Waals surface area contributed by atoms with Crippen LogP contribution in [-0.2, 0) is 0 Å². The highest BCUT2D eigenvalue weighted by atomic mass is 15.0. The van der Waals surface area contributed by atoms with Gasteiger partial charge >= 0.3 is 0 Å². The van der Waals surface area contributed by atoms with E-state index in [2.05, 4.69) is 215 Å². The average molecular weight is 718 g/mol. The number of hydrogen-bond acceptors (Lipinski definition) is 1. The minimum absolute atomic E-state index is 0.0686. The molecule has 266 valence electrons. The molecule has 0 bridgehead atoms. The van der Waals surface area contributed by atoms with Crippen molar-refractivity contribution < 1.29 is 0 Å². The number of para-hydroxylation sites is 2. The Morgan fingerprint density at radius 3 is 1.88 bits per heavy atom. The smallest absolute Gasteiger partial charge is 0.0707 e. The van der Waals surface area contributed by atoms with Gasteiger partial charge in [0, 0.05) is 38.6 Å². The van der Waals surface area contributed by atoms with Gasteiger partial charge < -0.3 is 14.5 Å². The van der Waals surface area contributed by atoms with Crippen LogP contribution in [-0.4, -0.2) is 9.13 Å². The molecule has 0 fully saturated rings. The highest BCUT2D eigenvalue weighted by Crippen LogP contribution is 2.39. The largest absolute Gasteiger partial charge is 0.374 e. The van der Waals surface area contributed by atoms with E-state index in [0.29, 0.717) is 0 Å². The molecule has 9 aromatic rings. The van der Waals surface area contributed by atoms with Crippen molar-refractivity contribution in [3.05, 3.63) is 217 Å². The molecule has 0 saturated heterocycles. The Morgan fingerprint density at radius 1 is 0.482 bits per heavy atom. The maximum Gasteiger partial charge on any atom is 0.0707 e. The molecule has 0 amide bonds. The van der Waals surface area contributed by atoms with Gasteiger partial charge in [-0.05, 0) is 107 Å². The lowest BCUT2D eigenvalue weighted by molar-refractivity contribution is 0.767. The minimum atomic E-state index is 0.0686. The van der Waals surface area contributed by atoms with Crippen LogP contribution < -0.4 is 5.32 Å². The fraction of sp³-hybridized carbons (Fsp3) is 0.0566. The molecule has 0 radical (unpaired) electrons. The molecule has 1 aliphatic heterocycles. The highest BCUT2D eigenvalue weighted by molar-refractivity contribution is 6.13. The predicted octanol–water partition coefficient (Wildman–Crippen LogP) is 13.5. The van der Waals surface area contributed by atoms with E-state index in [1.54, 1.807) is 0 Å². The van der Waals surface area contributed by atoms with E-state index in [9.17, 15) is 0 Å². The van der Waals surface area contributed by atoms with Crippen molar-refractivity contribution in [1.82, 2.24) is 14.5 Å². The Hall–Kier alpha value is -7.10. The second-order valence-electron chi connectivity index (χ2n) is 14.9. The Balaban J connectivity index is 1.02. The number of allylic oxidation sites excluding steroid dienone is 6. The van der Waals surface area contributed by atoms with Crippen LogP contribution in [0.15, 0.2) is 200 Å². The zero-order valence-corrected chi connectivity index (χ0v) is 30.9. The first-order chi connectivity index (χ1) is 27.8. The van der Waals surface area contributed by atoms with E-state index >= 15 is 0 Å². The first-order valence-electron chi connectivity index (χ1n) is 19.6. The molecule has 1 aliphatic carbocycles. The Bertz CT molecular complexity index is 3080. The van der Waals surface area contributed by atoms with Crippen LogP contribution in [0.25, 0.3) is 77.4 Å². The summed E-state index contributed by atoms with van der Waals surface area (Å²) in [5.41, 5.74) is 15.8. The van der Waals surface area contributed by atoms with Gasteiger partial charge in [-0.1, -0.05) is 140 Å². The van der Waals surface area contributed by atoms with Crippen molar-refractivity contribution in [2.75, 3.05) is 0 Å². The lowest BCUT2D eigenvalue weighted by Gasteiger charge is -2.25. The lowest BCUT2D eigenvalue weighted by Crippen LogP contribution is -2.21. The molecule has 2 aromatic heterocycles. The molecule has 1 unspecified atom stereocenters. The summed E-state index contributed by atoms with van der Waals surface area (Å²) in [5, 5.41) is 8.88. The number of rotatable bonds is 6. The Labute approximate surface area is 326 Å². The summed E-state index contributed by atoms with van der Waals surface area (Å²) >= 11 is 0. The van der Waals surface area contributed by atoms with Crippen molar-refractivity contribution >= 4 is 60.6 Å². The first-order valence-corrected chi connectivity index (χ1v) is 19.6. The molecule has 11 rings (SSSR count). The van der Waals surface area contributed by atoms with Gasteiger partial charge in [0.15, 0.2) is 0 Å². The average Bonchev–Trinajstić information content (AvgIpc) is 3.79. The zero-order chi connectivity index (χ0) is 37.0. The van der Waals surface area contributed by atoms with Gasteiger partial charge in [-0.15, -0.1) is 0 Å². The van der Waals surface area contributed by atoms with E-state index in [0.717, 1.165) is 24.2 Å². The van der Waals surface area contributed by atoms with Gasteiger partial charge in [-0.2, -0.15) is 0 Å². The summed E-state index contributed by atoms with van der Waals surface area (Å²) in [4.78, 5) is 0. The van der Waals surface area contributed by atoms with E-state index in [-0.39, 0.29) is 6.04 Å². The SMILES string of the molecule is C1=CCCC(n2c3ccccc3c3cc(-c4ccc5c6ccccc6n(-c6ccc(C7=CC(c8ccccc8)NC(c8ccccc8)=C7)cc6)c5c4)ccc32)=C1. The number of benzene rings is 7. The quantitative estimate of drug-likeness (QED) is 0.182. The standard InChI is InChI=1S/C53H39N3/c1-4-14-37(15-5-1)48-33-41(34-49(54-48)38-16-6-2-7-17-38)36-24-28-43(29-25-36)56-50-22-12-10-20-44(50)46-30-26-40(35-53(46)56)39-27-31-52-47(32-39)45-21-11-13-23-51(45)55(52)42-18-8-3-9-19-42/h1-8,10-18,20-35,48,54H,9,19H2. The van der Waals surface area contributed by atoms with Crippen LogP contribution in [0.3, 0.4) is 0 Å². The second kappa shape index (κ2) is 13.3. The number of aromatic nitrogens is 2. The molecule has 0 saturated carbocycles. The number of nitrogens with zero attached hydrogens (tertiary/aromatic N) is 2. The molecule has 0 spiro atoms. The maximum absolute atomic E-state index is 3.79. The number of fused-ring (bicyclic) bond motifs is 6. The van der Waals surface area contributed by atoms with Crippen molar-refractivity contribution in [1.29, 1.82) is 0 Å². The molecule has 3 heteroatoms. The summed E-state index contributed by atoms with van der Waals surface area (Å²) in [6.45, 7) is 0. The van der Waals surface area contributed by atoms with Gasteiger partial charge in [0.25, 0.3) is 0 Å². The molecular formula is C53H39N3. The molecular weight excluding hydrogens is 679 g/mol. The van der Waals surface area contributed by atoms with Crippen LogP contribution in [0.2, 0.25) is 0 Å². The third-order valence-corrected chi connectivity index (χ3v) is 11.6. The van der Waals surface area contributed by atoms with Gasteiger partial charge in [0.2, 0.25) is 0 Å². The fourth-order valence-corrected chi connectivity index (χ4v) is 8.91. The zero-order valence-electron chi connectivity index (χ0n) is 30.9. The van der Waals surface area contributed by atoms with Crippen molar-refractivity contribution in [3.8, 4) is 16.8 Å². The Morgan fingerprint density at radius 2 is 1.11 bits per heavy atom. The van der Waals surface area contributed by atoms with Crippen LogP contribution in [0, 0.1) is 0 Å². The van der Waals surface area contributed by atoms with Gasteiger partial charge in [-0.25, -0.2) is 0 Å². The van der Waals surface area contributed by atoms with Crippen LogP contribution in [0.1, 0.15) is 35.6 Å². The van der Waals surface area contributed by atoms with E-state index < -0.39 is 0 Å². The van der Waals surface area contributed by atoms with Gasteiger partial charge in [-0.3, -0.25) is 0 Å². The van der Waals surface area contributed by atoms with Crippen molar-refractivity contribution in [2.24, 2.45) is 0 Å². The number of hydrogen-bond donors (Lipinski definition) is 1. The normalized spacial score (nSPS) is 15.6. The monoisotopic (exact) mass is 717 g/mol. The maximum atomic E-state index is 3.79. The van der Waals surface area contributed by atoms with E-state index in [1.165, 1.54) is 82.7 Å².